The highest BCUT2D eigenvalue weighted by Crippen LogP contribution is 2.41. The summed E-state index contributed by atoms with van der Waals surface area (Å²) in [7, 11) is 2.14. The van der Waals surface area contributed by atoms with Gasteiger partial charge in [-0.25, -0.2) is 0 Å². The molecule has 1 aromatic rings. The van der Waals surface area contributed by atoms with Crippen molar-refractivity contribution in [2.75, 3.05) is 38.1 Å². The summed E-state index contributed by atoms with van der Waals surface area (Å²) in [6.45, 7) is 3.91. The lowest BCUT2D eigenvalue weighted by Gasteiger charge is -2.40. The number of nitrogens with zero attached hydrogens (tertiary/aromatic N) is 3. The molecule has 2 saturated heterocycles. The SMILES string of the molecule is CN1CCC2(CCN(c3ccnc(C(F)(F)F)c3)CC2)C1. The summed E-state index contributed by atoms with van der Waals surface area (Å²) >= 11 is 0. The van der Waals surface area contributed by atoms with Crippen LogP contribution in [-0.2, 0) is 6.18 Å². The van der Waals surface area contributed by atoms with Crippen molar-refractivity contribution in [3.05, 3.63) is 24.0 Å². The van der Waals surface area contributed by atoms with Gasteiger partial charge < -0.3 is 9.80 Å². The van der Waals surface area contributed by atoms with Gasteiger partial charge >= 0.3 is 6.18 Å². The van der Waals surface area contributed by atoms with Gasteiger partial charge in [-0.05, 0) is 50.4 Å². The third kappa shape index (κ3) is 3.00. The molecule has 0 aromatic carbocycles. The number of rotatable bonds is 1. The minimum absolute atomic E-state index is 0.380. The predicted octanol–water partition coefficient (Wildman–Crippen LogP) is 3.02. The third-order valence-corrected chi connectivity index (χ3v) is 4.85. The zero-order valence-corrected chi connectivity index (χ0v) is 12.2. The molecule has 0 aliphatic carbocycles. The summed E-state index contributed by atoms with van der Waals surface area (Å²) < 4.78 is 38.2. The molecule has 2 aliphatic heterocycles. The Balaban J connectivity index is 1.70. The summed E-state index contributed by atoms with van der Waals surface area (Å²) in [6, 6.07) is 2.84. The van der Waals surface area contributed by atoms with Crippen LogP contribution < -0.4 is 4.90 Å². The molecule has 2 fully saturated rings. The van der Waals surface area contributed by atoms with Crippen LogP contribution in [0.25, 0.3) is 0 Å². The second-order valence-electron chi connectivity index (χ2n) is 6.37. The number of hydrogen-bond acceptors (Lipinski definition) is 3. The van der Waals surface area contributed by atoms with E-state index in [1.165, 1.54) is 18.7 Å². The van der Waals surface area contributed by atoms with E-state index in [9.17, 15) is 13.2 Å². The largest absolute Gasteiger partial charge is 0.433 e. The molecule has 6 heteroatoms. The normalized spacial score (nSPS) is 23.0. The number of hydrogen-bond donors (Lipinski definition) is 0. The molecule has 3 nitrogen and oxygen atoms in total. The van der Waals surface area contributed by atoms with Crippen molar-refractivity contribution >= 4 is 5.69 Å². The molecule has 21 heavy (non-hydrogen) atoms. The number of halogens is 3. The molecule has 0 bridgehead atoms. The fourth-order valence-electron chi connectivity index (χ4n) is 3.58. The predicted molar refractivity (Wildman–Crippen MR) is 75.2 cm³/mol. The van der Waals surface area contributed by atoms with Gasteiger partial charge in [0.2, 0.25) is 0 Å². The van der Waals surface area contributed by atoms with E-state index in [-0.39, 0.29) is 0 Å². The minimum Gasteiger partial charge on any atom is -0.371 e. The Kier molecular flexibility index (Phi) is 3.59. The Morgan fingerprint density at radius 3 is 2.38 bits per heavy atom. The van der Waals surface area contributed by atoms with E-state index in [0.29, 0.717) is 11.1 Å². The lowest BCUT2D eigenvalue weighted by Crippen LogP contribution is -2.41. The van der Waals surface area contributed by atoms with Crippen LogP contribution in [0.5, 0.6) is 0 Å². The Labute approximate surface area is 122 Å². The van der Waals surface area contributed by atoms with Gasteiger partial charge in [-0.15, -0.1) is 0 Å². The van der Waals surface area contributed by atoms with Crippen molar-refractivity contribution in [3.63, 3.8) is 0 Å². The first kappa shape index (κ1) is 14.6. The van der Waals surface area contributed by atoms with E-state index in [0.717, 1.165) is 39.0 Å². The molecule has 3 rings (SSSR count). The van der Waals surface area contributed by atoms with Crippen LogP contribution >= 0.6 is 0 Å². The molecule has 0 saturated carbocycles. The maximum Gasteiger partial charge on any atom is 0.433 e. The van der Waals surface area contributed by atoms with Gasteiger partial charge in [-0.3, -0.25) is 4.98 Å². The van der Waals surface area contributed by atoms with E-state index >= 15 is 0 Å². The van der Waals surface area contributed by atoms with Crippen LogP contribution in [-0.4, -0.2) is 43.1 Å². The average Bonchev–Trinajstić information content (AvgIpc) is 2.80. The zero-order chi connectivity index (χ0) is 15.1. The van der Waals surface area contributed by atoms with Crippen LogP contribution in [0.2, 0.25) is 0 Å². The highest BCUT2D eigenvalue weighted by molar-refractivity contribution is 5.47. The van der Waals surface area contributed by atoms with Crippen molar-refractivity contribution in [2.45, 2.75) is 25.4 Å². The molecule has 0 radical (unpaired) electrons. The van der Waals surface area contributed by atoms with E-state index in [1.54, 1.807) is 6.07 Å². The fraction of sp³-hybridized carbons (Fsp3) is 0.667. The monoisotopic (exact) mass is 299 g/mol. The summed E-state index contributed by atoms with van der Waals surface area (Å²) in [4.78, 5) is 7.84. The molecule has 3 heterocycles. The van der Waals surface area contributed by atoms with Crippen molar-refractivity contribution in [3.8, 4) is 0 Å². The van der Waals surface area contributed by atoms with Crippen molar-refractivity contribution in [2.24, 2.45) is 5.41 Å². The van der Waals surface area contributed by atoms with Gasteiger partial charge in [0.05, 0.1) is 0 Å². The van der Waals surface area contributed by atoms with Gasteiger partial charge in [0.25, 0.3) is 0 Å². The Bertz CT molecular complexity index is 507. The second-order valence-corrected chi connectivity index (χ2v) is 6.37. The minimum atomic E-state index is -4.37. The first-order valence-corrected chi connectivity index (χ1v) is 7.35. The smallest absolute Gasteiger partial charge is 0.371 e. The summed E-state index contributed by atoms with van der Waals surface area (Å²) in [5, 5.41) is 0. The molecule has 0 atom stereocenters. The number of pyridine rings is 1. The van der Waals surface area contributed by atoms with Crippen LogP contribution in [0.15, 0.2) is 18.3 Å². The fourth-order valence-corrected chi connectivity index (χ4v) is 3.58. The lowest BCUT2D eigenvalue weighted by atomic mass is 9.77. The first-order valence-electron chi connectivity index (χ1n) is 7.35. The molecule has 0 amide bonds. The highest BCUT2D eigenvalue weighted by atomic mass is 19.4. The van der Waals surface area contributed by atoms with Crippen molar-refractivity contribution in [1.82, 2.24) is 9.88 Å². The number of aromatic nitrogens is 1. The molecule has 2 aliphatic rings. The van der Waals surface area contributed by atoms with Gasteiger partial charge in [0, 0.05) is 31.5 Å². The van der Waals surface area contributed by atoms with Crippen molar-refractivity contribution in [1.29, 1.82) is 0 Å². The Morgan fingerprint density at radius 2 is 1.81 bits per heavy atom. The molecular weight excluding hydrogens is 279 g/mol. The quantitative estimate of drug-likeness (QED) is 0.794. The van der Waals surface area contributed by atoms with Crippen molar-refractivity contribution < 1.29 is 13.2 Å². The lowest BCUT2D eigenvalue weighted by molar-refractivity contribution is -0.141. The molecule has 1 spiro atoms. The van der Waals surface area contributed by atoms with E-state index in [2.05, 4.69) is 21.8 Å². The van der Waals surface area contributed by atoms with Crippen LogP contribution in [0.3, 0.4) is 0 Å². The first-order chi connectivity index (χ1) is 9.88. The number of anilines is 1. The molecule has 0 unspecified atom stereocenters. The summed E-state index contributed by atoms with van der Waals surface area (Å²) in [5.41, 5.74) is 0.213. The molecule has 0 N–H and O–H groups in total. The van der Waals surface area contributed by atoms with Crippen LogP contribution in [0, 0.1) is 5.41 Å². The van der Waals surface area contributed by atoms with Gasteiger partial charge in [0.1, 0.15) is 5.69 Å². The van der Waals surface area contributed by atoms with Crippen LogP contribution in [0.1, 0.15) is 25.0 Å². The van der Waals surface area contributed by atoms with Crippen LogP contribution in [0.4, 0.5) is 18.9 Å². The van der Waals surface area contributed by atoms with E-state index in [1.807, 2.05) is 0 Å². The molecular formula is C15H20F3N3. The maximum absolute atomic E-state index is 12.7. The Hall–Kier alpha value is -1.30. The average molecular weight is 299 g/mol. The number of likely N-dealkylation sites (tertiary alicyclic amines) is 1. The topological polar surface area (TPSA) is 19.4 Å². The van der Waals surface area contributed by atoms with Gasteiger partial charge in [0.15, 0.2) is 0 Å². The second kappa shape index (κ2) is 5.16. The number of piperidine rings is 1. The third-order valence-electron chi connectivity index (χ3n) is 4.85. The molecule has 116 valence electrons. The van der Waals surface area contributed by atoms with Gasteiger partial charge in [-0.1, -0.05) is 0 Å². The van der Waals surface area contributed by atoms with E-state index < -0.39 is 11.9 Å². The summed E-state index contributed by atoms with van der Waals surface area (Å²) in [5.74, 6) is 0. The van der Waals surface area contributed by atoms with E-state index in [4.69, 9.17) is 0 Å². The Morgan fingerprint density at radius 1 is 1.14 bits per heavy atom. The summed E-state index contributed by atoms with van der Waals surface area (Å²) in [6.07, 6.45) is 0.205. The highest BCUT2D eigenvalue weighted by Gasteiger charge is 2.39. The zero-order valence-electron chi connectivity index (χ0n) is 12.2. The number of alkyl halides is 3. The standard InChI is InChI=1S/C15H20F3N3/c1-20-7-3-14(11-20)4-8-21(9-5-14)12-2-6-19-13(10-12)15(16,17)18/h2,6,10H,3-5,7-9,11H2,1H3. The maximum atomic E-state index is 12.7. The van der Waals surface area contributed by atoms with Gasteiger partial charge in [-0.2, -0.15) is 13.2 Å². The molecule has 1 aromatic heterocycles.